The first-order chi connectivity index (χ1) is 13.5. The van der Waals surface area contributed by atoms with E-state index in [1.165, 1.54) is 0 Å². The molecule has 0 spiro atoms. The van der Waals surface area contributed by atoms with Gasteiger partial charge < -0.3 is 19.3 Å². The molecule has 0 bridgehead atoms. The van der Waals surface area contributed by atoms with Crippen molar-refractivity contribution in [3.8, 4) is 17.6 Å². The summed E-state index contributed by atoms with van der Waals surface area (Å²) in [5, 5.41) is 18.3. The molecule has 0 radical (unpaired) electrons. The molecule has 0 amide bonds. The van der Waals surface area contributed by atoms with Gasteiger partial charge in [-0.2, -0.15) is 5.26 Å². The fourth-order valence-electron chi connectivity index (χ4n) is 2.68. The van der Waals surface area contributed by atoms with Gasteiger partial charge in [0.2, 0.25) is 0 Å². The van der Waals surface area contributed by atoms with E-state index in [4.69, 9.17) is 19.5 Å². The molecule has 0 aliphatic heterocycles. The Bertz CT molecular complexity index is 828. The van der Waals surface area contributed by atoms with Crippen molar-refractivity contribution in [3.05, 3.63) is 59.2 Å². The number of carbonyl (C=O) groups is 1. The van der Waals surface area contributed by atoms with Crippen molar-refractivity contribution in [1.82, 2.24) is 0 Å². The molecule has 148 valence electrons. The summed E-state index contributed by atoms with van der Waals surface area (Å²) in [6.07, 6.45) is 0.0746. The second-order valence-corrected chi connectivity index (χ2v) is 6.30. The molecule has 28 heavy (non-hydrogen) atoms. The zero-order chi connectivity index (χ0) is 20.4. The quantitative estimate of drug-likeness (QED) is 0.595. The van der Waals surface area contributed by atoms with Crippen molar-refractivity contribution in [2.75, 3.05) is 19.8 Å². The Kier molecular flexibility index (Phi) is 8.32. The molecule has 2 aromatic carbocycles. The summed E-state index contributed by atoms with van der Waals surface area (Å²) in [5.74, 6) is 0.273. The summed E-state index contributed by atoms with van der Waals surface area (Å²) < 4.78 is 16.6. The number of hydrogen-bond acceptors (Lipinski definition) is 5. The standard InChI is InChI=1S/C22H25NO5/c1-3-26-21(22(24)25)14-17-6-4-7-19(13-17)27-10-5-11-28-20-9-8-16(2)12-18(20)15-23/h4,6-9,12-13,21H,3,5,10-11,14H2,1-2H3,(H,24,25). The van der Waals surface area contributed by atoms with Gasteiger partial charge in [-0.15, -0.1) is 0 Å². The Labute approximate surface area is 165 Å². The Morgan fingerprint density at radius 2 is 1.96 bits per heavy atom. The summed E-state index contributed by atoms with van der Waals surface area (Å²) in [7, 11) is 0. The minimum Gasteiger partial charge on any atom is -0.493 e. The molecular weight excluding hydrogens is 358 g/mol. The van der Waals surface area contributed by atoms with Crippen LogP contribution in [0, 0.1) is 18.3 Å². The molecule has 0 aliphatic rings. The van der Waals surface area contributed by atoms with Gasteiger partial charge in [0.15, 0.2) is 6.10 Å². The summed E-state index contributed by atoms with van der Waals surface area (Å²) in [6.45, 7) is 4.93. The first-order valence-corrected chi connectivity index (χ1v) is 9.23. The van der Waals surface area contributed by atoms with Crippen LogP contribution in [0.25, 0.3) is 0 Å². The fraction of sp³-hybridized carbons (Fsp3) is 0.364. The van der Waals surface area contributed by atoms with E-state index in [2.05, 4.69) is 6.07 Å². The van der Waals surface area contributed by atoms with Crippen molar-refractivity contribution >= 4 is 5.97 Å². The molecule has 0 heterocycles. The number of benzene rings is 2. The van der Waals surface area contributed by atoms with Crippen LogP contribution in [0.5, 0.6) is 11.5 Å². The molecule has 2 rings (SSSR count). The maximum atomic E-state index is 11.2. The lowest BCUT2D eigenvalue weighted by molar-refractivity contribution is -0.149. The van der Waals surface area contributed by atoms with Gasteiger partial charge in [0.25, 0.3) is 0 Å². The van der Waals surface area contributed by atoms with Crippen LogP contribution < -0.4 is 9.47 Å². The van der Waals surface area contributed by atoms with E-state index in [1.807, 2.05) is 37.3 Å². The van der Waals surface area contributed by atoms with Gasteiger partial charge in [-0.05, 0) is 49.2 Å². The summed E-state index contributed by atoms with van der Waals surface area (Å²) in [4.78, 5) is 11.2. The van der Waals surface area contributed by atoms with Gasteiger partial charge in [-0.1, -0.05) is 18.2 Å². The zero-order valence-corrected chi connectivity index (χ0v) is 16.2. The average molecular weight is 383 g/mol. The minimum absolute atomic E-state index is 0.286. The van der Waals surface area contributed by atoms with Crippen LogP contribution >= 0.6 is 0 Å². The first kappa shape index (κ1) is 21.3. The highest BCUT2D eigenvalue weighted by atomic mass is 16.5. The third kappa shape index (κ3) is 6.60. The van der Waals surface area contributed by atoms with Gasteiger partial charge in [0.1, 0.15) is 17.6 Å². The number of aliphatic carboxylic acids is 1. The van der Waals surface area contributed by atoms with Crippen molar-refractivity contribution < 1.29 is 24.1 Å². The molecule has 0 saturated carbocycles. The number of nitriles is 1. The number of aryl methyl sites for hydroxylation is 1. The maximum Gasteiger partial charge on any atom is 0.333 e. The Morgan fingerprint density at radius 1 is 1.18 bits per heavy atom. The van der Waals surface area contributed by atoms with Crippen molar-refractivity contribution in [3.63, 3.8) is 0 Å². The molecule has 6 nitrogen and oxygen atoms in total. The number of hydrogen-bond donors (Lipinski definition) is 1. The number of carboxylic acids is 1. The molecule has 0 fully saturated rings. The van der Waals surface area contributed by atoms with E-state index in [-0.39, 0.29) is 6.42 Å². The fourth-order valence-corrected chi connectivity index (χ4v) is 2.68. The lowest BCUT2D eigenvalue weighted by Crippen LogP contribution is -2.26. The molecule has 2 aromatic rings. The monoisotopic (exact) mass is 383 g/mol. The van der Waals surface area contributed by atoms with Gasteiger partial charge in [-0.3, -0.25) is 0 Å². The maximum absolute atomic E-state index is 11.2. The van der Waals surface area contributed by atoms with Crippen LogP contribution in [0.15, 0.2) is 42.5 Å². The molecule has 0 aliphatic carbocycles. The highest BCUT2D eigenvalue weighted by Crippen LogP contribution is 2.19. The molecular formula is C22H25NO5. The third-order valence-corrected chi connectivity index (χ3v) is 4.03. The number of carboxylic acid groups (broad SMARTS) is 1. The van der Waals surface area contributed by atoms with Crippen molar-refractivity contribution in [1.29, 1.82) is 5.26 Å². The van der Waals surface area contributed by atoms with Crippen molar-refractivity contribution in [2.24, 2.45) is 0 Å². The normalized spacial score (nSPS) is 11.5. The van der Waals surface area contributed by atoms with Crippen LogP contribution in [0.4, 0.5) is 0 Å². The third-order valence-electron chi connectivity index (χ3n) is 4.03. The molecule has 1 atom stereocenters. The van der Waals surface area contributed by atoms with Crippen LogP contribution in [-0.4, -0.2) is 37.0 Å². The minimum atomic E-state index is -0.974. The smallest absolute Gasteiger partial charge is 0.333 e. The Balaban J connectivity index is 1.81. The summed E-state index contributed by atoms with van der Waals surface area (Å²) >= 11 is 0. The zero-order valence-electron chi connectivity index (χ0n) is 16.2. The number of ether oxygens (including phenoxy) is 3. The van der Waals surface area contributed by atoms with E-state index in [0.29, 0.717) is 43.3 Å². The summed E-state index contributed by atoms with van der Waals surface area (Å²) in [6, 6.07) is 15.0. The van der Waals surface area contributed by atoms with Crippen LogP contribution in [0.2, 0.25) is 0 Å². The van der Waals surface area contributed by atoms with Gasteiger partial charge in [0, 0.05) is 19.4 Å². The highest BCUT2D eigenvalue weighted by Gasteiger charge is 2.18. The van der Waals surface area contributed by atoms with E-state index in [9.17, 15) is 9.90 Å². The Morgan fingerprint density at radius 3 is 2.68 bits per heavy atom. The summed E-state index contributed by atoms with van der Waals surface area (Å²) in [5.41, 5.74) is 2.38. The second kappa shape index (κ2) is 11.0. The second-order valence-electron chi connectivity index (χ2n) is 6.30. The Hall–Kier alpha value is -3.04. The molecule has 0 saturated heterocycles. The van der Waals surface area contributed by atoms with E-state index < -0.39 is 12.1 Å². The van der Waals surface area contributed by atoms with Crippen LogP contribution in [0.1, 0.15) is 30.0 Å². The predicted octanol–water partition coefficient (Wildman–Crippen LogP) is 3.75. The first-order valence-electron chi connectivity index (χ1n) is 9.23. The molecule has 1 unspecified atom stereocenters. The van der Waals surface area contributed by atoms with E-state index in [0.717, 1.165) is 11.1 Å². The highest BCUT2D eigenvalue weighted by molar-refractivity contribution is 5.72. The molecule has 1 N–H and O–H groups in total. The van der Waals surface area contributed by atoms with E-state index in [1.54, 1.807) is 19.1 Å². The van der Waals surface area contributed by atoms with Crippen LogP contribution in [-0.2, 0) is 16.0 Å². The van der Waals surface area contributed by atoms with Gasteiger partial charge >= 0.3 is 5.97 Å². The number of rotatable bonds is 11. The number of nitrogens with zero attached hydrogens (tertiary/aromatic N) is 1. The van der Waals surface area contributed by atoms with Crippen LogP contribution in [0.3, 0.4) is 0 Å². The average Bonchev–Trinajstić information content (AvgIpc) is 2.68. The van der Waals surface area contributed by atoms with Crippen molar-refractivity contribution in [2.45, 2.75) is 32.8 Å². The van der Waals surface area contributed by atoms with E-state index >= 15 is 0 Å². The molecule has 0 aromatic heterocycles. The SMILES string of the molecule is CCOC(Cc1cccc(OCCCOc2ccc(C)cc2C#N)c1)C(=O)O. The largest absolute Gasteiger partial charge is 0.493 e. The topological polar surface area (TPSA) is 88.8 Å². The van der Waals surface area contributed by atoms with Gasteiger partial charge in [0.05, 0.1) is 18.8 Å². The lowest BCUT2D eigenvalue weighted by Gasteiger charge is -2.13. The molecule has 6 heteroatoms. The predicted molar refractivity (Wildman–Crippen MR) is 105 cm³/mol. The van der Waals surface area contributed by atoms with Gasteiger partial charge in [-0.25, -0.2) is 4.79 Å². The lowest BCUT2D eigenvalue weighted by atomic mass is 10.1.